The summed E-state index contributed by atoms with van der Waals surface area (Å²) in [7, 11) is 0. The predicted octanol–water partition coefficient (Wildman–Crippen LogP) is 0.381. The van der Waals surface area contributed by atoms with Crippen LogP contribution in [0.25, 0.3) is 0 Å². The van der Waals surface area contributed by atoms with Crippen molar-refractivity contribution >= 4 is 11.6 Å². The molecule has 5 aliphatic rings. The van der Waals surface area contributed by atoms with E-state index < -0.39 is 36.8 Å². The molecule has 1 saturated carbocycles. The van der Waals surface area contributed by atoms with Gasteiger partial charge in [0.1, 0.15) is 30.7 Å². The van der Waals surface area contributed by atoms with Crippen LogP contribution in [0.4, 0.5) is 4.39 Å². The maximum Gasteiger partial charge on any atom is 0.141 e. The normalized spacial score (nSPS) is 56.2. The van der Waals surface area contributed by atoms with Gasteiger partial charge in [-0.25, -0.2) is 4.39 Å². The fraction of sp³-hybridized carbons (Fsp3) is 1.00. The summed E-state index contributed by atoms with van der Waals surface area (Å²) in [5.41, 5.74) is 0. The number of fused-ring (bicyclic) bond motifs is 2. The highest BCUT2D eigenvalue weighted by Gasteiger charge is 2.56. The van der Waals surface area contributed by atoms with E-state index in [0.717, 1.165) is 25.8 Å². The number of aliphatic hydroxyl groups excluding tert-OH is 2. The third-order valence-corrected chi connectivity index (χ3v) is 8.41. The molecule has 29 heavy (non-hydrogen) atoms. The zero-order valence-corrected chi connectivity index (χ0v) is 17.5. The van der Waals surface area contributed by atoms with Gasteiger partial charge in [-0.05, 0) is 44.4 Å². The minimum atomic E-state index is -1.05. The van der Waals surface area contributed by atoms with Gasteiger partial charge >= 0.3 is 0 Å². The average Bonchev–Trinajstić information content (AvgIpc) is 3.26. The molecular formula is C20H33ClFN3O4. The van der Waals surface area contributed by atoms with E-state index in [0.29, 0.717) is 25.0 Å². The minimum Gasteiger partial charge on any atom is -0.387 e. The first-order chi connectivity index (χ1) is 14.0. The Bertz CT molecular complexity index is 606. The number of likely N-dealkylation sites (tertiary alicyclic amines) is 1. The standard InChI is InChI=1S/C20H33ClFN3O4/c1-9-11-4-5-25(19(11)24-8-23-9)20-16(27)15(26)18(29-20)17-12-3-2-10(21)6-13(12)14(22)7-28-17/h9-20,23-24,26-27H,2-8H2,1H3/t9?,10?,11?,12?,13?,14-,15-,16+,17+,18-,19?,20+/m0/s1. The zero-order chi connectivity index (χ0) is 20.3. The zero-order valence-electron chi connectivity index (χ0n) is 16.8. The van der Waals surface area contributed by atoms with Gasteiger partial charge in [0.05, 0.1) is 18.9 Å². The third kappa shape index (κ3) is 3.53. The number of nitrogens with zero attached hydrogens (tertiary/aromatic N) is 1. The summed E-state index contributed by atoms with van der Waals surface area (Å²) in [6.07, 6.45) is -1.42. The average molecular weight is 434 g/mol. The fourth-order valence-corrected chi connectivity index (χ4v) is 6.75. The number of rotatable bonds is 2. The lowest BCUT2D eigenvalue weighted by atomic mass is 9.70. The molecule has 4 heterocycles. The highest BCUT2D eigenvalue weighted by Crippen LogP contribution is 2.45. The Balaban J connectivity index is 1.32. The Morgan fingerprint density at radius 1 is 1.03 bits per heavy atom. The summed E-state index contributed by atoms with van der Waals surface area (Å²) in [6.45, 7) is 3.69. The van der Waals surface area contributed by atoms with Crippen LogP contribution in [0.2, 0.25) is 0 Å². The Morgan fingerprint density at radius 3 is 2.69 bits per heavy atom. The Morgan fingerprint density at radius 2 is 1.86 bits per heavy atom. The maximum absolute atomic E-state index is 14.5. The topological polar surface area (TPSA) is 86.2 Å². The number of aliphatic hydroxyl groups is 2. The summed E-state index contributed by atoms with van der Waals surface area (Å²) in [4.78, 5) is 2.14. The van der Waals surface area contributed by atoms with Gasteiger partial charge < -0.3 is 25.0 Å². The second-order valence-corrected chi connectivity index (χ2v) is 10.2. The van der Waals surface area contributed by atoms with Crippen LogP contribution in [0.15, 0.2) is 0 Å². The Kier molecular flexibility index (Phi) is 5.84. The molecule has 4 N–H and O–H groups in total. The Hall–Kier alpha value is -0.0600. The number of ether oxygens (including phenoxy) is 2. The SMILES string of the molecule is CC1NCNC2C1CCN2[C@@H]1O[C@H]([C@@H]2OC[C@H](F)C3CC(Cl)CCC32)[C@@H](O)[C@H]1O. The van der Waals surface area contributed by atoms with Crippen molar-refractivity contribution in [2.75, 3.05) is 19.8 Å². The first-order valence-electron chi connectivity index (χ1n) is 11.1. The molecule has 5 rings (SSSR count). The molecule has 4 saturated heterocycles. The van der Waals surface area contributed by atoms with Crippen molar-refractivity contribution in [3.05, 3.63) is 0 Å². The summed E-state index contributed by atoms with van der Waals surface area (Å²) in [6, 6.07) is 0.389. The van der Waals surface area contributed by atoms with Gasteiger partial charge in [-0.1, -0.05) is 0 Å². The van der Waals surface area contributed by atoms with E-state index in [9.17, 15) is 14.6 Å². The van der Waals surface area contributed by atoms with E-state index in [1.807, 2.05) is 0 Å². The van der Waals surface area contributed by atoms with Crippen LogP contribution in [0, 0.1) is 17.8 Å². The van der Waals surface area contributed by atoms with Gasteiger partial charge in [0.2, 0.25) is 0 Å². The second kappa shape index (κ2) is 8.13. The van der Waals surface area contributed by atoms with Crippen LogP contribution in [0.1, 0.15) is 32.6 Å². The molecule has 0 radical (unpaired) electrons. The van der Waals surface area contributed by atoms with Gasteiger partial charge in [-0.15, -0.1) is 11.6 Å². The molecule has 5 fully saturated rings. The first kappa shape index (κ1) is 20.8. The van der Waals surface area contributed by atoms with E-state index >= 15 is 0 Å². The van der Waals surface area contributed by atoms with Gasteiger partial charge in [-0.2, -0.15) is 0 Å². The lowest BCUT2D eigenvalue weighted by Gasteiger charge is -2.46. The summed E-state index contributed by atoms with van der Waals surface area (Å²) < 4.78 is 26.7. The van der Waals surface area contributed by atoms with Crippen molar-refractivity contribution in [3.8, 4) is 0 Å². The van der Waals surface area contributed by atoms with Crippen molar-refractivity contribution in [3.63, 3.8) is 0 Å². The summed E-state index contributed by atoms with van der Waals surface area (Å²) in [5, 5.41) is 28.6. The lowest BCUT2D eigenvalue weighted by Crippen LogP contribution is -2.61. The Labute approximate surface area is 176 Å². The molecule has 4 aliphatic heterocycles. The van der Waals surface area contributed by atoms with Gasteiger partial charge in [0.15, 0.2) is 0 Å². The van der Waals surface area contributed by atoms with Crippen molar-refractivity contribution in [1.29, 1.82) is 0 Å². The number of alkyl halides is 2. The summed E-state index contributed by atoms with van der Waals surface area (Å²) in [5.74, 6) is 0.222. The van der Waals surface area contributed by atoms with Gasteiger partial charge in [-0.3, -0.25) is 10.2 Å². The van der Waals surface area contributed by atoms with Crippen molar-refractivity contribution in [1.82, 2.24) is 15.5 Å². The van der Waals surface area contributed by atoms with E-state index in [4.69, 9.17) is 21.1 Å². The monoisotopic (exact) mass is 433 g/mol. The van der Waals surface area contributed by atoms with E-state index in [1.54, 1.807) is 0 Å². The maximum atomic E-state index is 14.5. The largest absolute Gasteiger partial charge is 0.387 e. The fourth-order valence-electron chi connectivity index (χ4n) is 6.41. The van der Waals surface area contributed by atoms with Crippen LogP contribution < -0.4 is 10.6 Å². The highest BCUT2D eigenvalue weighted by atomic mass is 35.5. The van der Waals surface area contributed by atoms with Crippen LogP contribution in [-0.4, -0.2) is 89.3 Å². The third-order valence-electron chi connectivity index (χ3n) is 8.01. The van der Waals surface area contributed by atoms with E-state index in [-0.39, 0.29) is 30.0 Å². The summed E-state index contributed by atoms with van der Waals surface area (Å²) >= 11 is 6.30. The van der Waals surface area contributed by atoms with Crippen molar-refractivity contribution < 1.29 is 24.1 Å². The molecule has 12 atom stereocenters. The molecular weight excluding hydrogens is 401 g/mol. The number of hydrogen-bond donors (Lipinski definition) is 4. The predicted molar refractivity (Wildman–Crippen MR) is 105 cm³/mol. The van der Waals surface area contributed by atoms with E-state index in [2.05, 4.69) is 22.5 Å². The number of hydrogen-bond acceptors (Lipinski definition) is 7. The van der Waals surface area contributed by atoms with Crippen LogP contribution in [0.5, 0.6) is 0 Å². The van der Waals surface area contributed by atoms with Crippen LogP contribution in [0.3, 0.4) is 0 Å². The first-order valence-corrected chi connectivity index (χ1v) is 11.5. The highest BCUT2D eigenvalue weighted by molar-refractivity contribution is 6.20. The molecule has 0 spiro atoms. The molecule has 166 valence electrons. The molecule has 0 bridgehead atoms. The van der Waals surface area contributed by atoms with Gasteiger partial charge in [0, 0.05) is 30.6 Å². The van der Waals surface area contributed by atoms with Crippen LogP contribution >= 0.6 is 11.6 Å². The lowest BCUT2D eigenvalue weighted by molar-refractivity contribution is -0.190. The molecule has 1 aliphatic carbocycles. The molecule has 6 unspecified atom stereocenters. The number of nitrogens with one attached hydrogen (secondary N) is 2. The molecule has 0 aromatic rings. The molecule has 0 aromatic heterocycles. The minimum absolute atomic E-state index is 0.00192. The molecule has 7 nitrogen and oxygen atoms in total. The van der Waals surface area contributed by atoms with Crippen molar-refractivity contribution in [2.45, 2.75) is 87.0 Å². The molecule has 9 heteroatoms. The van der Waals surface area contributed by atoms with Gasteiger partial charge in [0.25, 0.3) is 0 Å². The molecule has 0 aromatic carbocycles. The number of halogens is 2. The van der Waals surface area contributed by atoms with Crippen LogP contribution in [-0.2, 0) is 9.47 Å². The van der Waals surface area contributed by atoms with Crippen molar-refractivity contribution in [2.24, 2.45) is 17.8 Å². The second-order valence-electron chi connectivity index (χ2n) is 9.53. The molecule has 0 amide bonds. The quantitative estimate of drug-likeness (QED) is 0.468. The smallest absolute Gasteiger partial charge is 0.141 e. The van der Waals surface area contributed by atoms with E-state index in [1.165, 1.54) is 0 Å².